The summed E-state index contributed by atoms with van der Waals surface area (Å²) in [4.78, 5) is 4.66. The molecule has 3 rings (SSSR count). The molecule has 30 heavy (non-hydrogen) atoms. The van der Waals surface area contributed by atoms with Gasteiger partial charge in [-0.25, -0.2) is 0 Å². The molecule has 0 amide bonds. The number of aliphatic hydroxyl groups is 1. The van der Waals surface area contributed by atoms with Crippen molar-refractivity contribution < 1.29 is 19.3 Å². The van der Waals surface area contributed by atoms with E-state index in [0.717, 1.165) is 44.1 Å². The minimum Gasteiger partial charge on any atom is -0.497 e. The van der Waals surface area contributed by atoms with E-state index in [1.165, 1.54) is 11.3 Å². The maximum absolute atomic E-state index is 10.3. The molecule has 2 aromatic carbocycles. The largest absolute Gasteiger partial charge is 0.497 e. The summed E-state index contributed by atoms with van der Waals surface area (Å²) in [6, 6.07) is 16.3. The van der Waals surface area contributed by atoms with E-state index in [0.29, 0.717) is 26.4 Å². The van der Waals surface area contributed by atoms with Gasteiger partial charge in [0.15, 0.2) is 0 Å². The lowest BCUT2D eigenvalue weighted by atomic mass is 10.2. The van der Waals surface area contributed by atoms with Crippen LogP contribution in [0.5, 0.6) is 11.5 Å². The van der Waals surface area contributed by atoms with Gasteiger partial charge in [0, 0.05) is 38.4 Å². The molecule has 1 saturated heterocycles. The number of nitrogens with zero attached hydrogens (tertiary/aromatic N) is 2. The standard InChI is InChI=1S/C24H34N2O4/c1-3-20-4-8-24(9-5-20)30-17-16-29-19-22(27)18-25-12-14-26(15-13-25)21-6-10-23(28-2)11-7-21/h4-11,22,27H,3,12-19H2,1-2H3. The molecule has 164 valence electrons. The summed E-state index contributed by atoms with van der Waals surface area (Å²) in [7, 11) is 1.68. The molecule has 0 bridgehead atoms. The fourth-order valence-corrected chi connectivity index (χ4v) is 3.59. The zero-order valence-corrected chi connectivity index (χ0v) is 18.1. The number of piperazine rings is 1. The Kier molecular flexibility index (Phi) is 8.81. The number of ether oxygens (including phenoxy) is 3. The molecule has 0 radical (unpaired) electrons. The van der Waals surface area contributed by atoms with E-state index in [1.807, 2.05) is 24.3 Å². The first-order chi connectivity index (χ1) is 14.7. The average Bonchev–Trinajstić information content (AvgIpc) is 2.80. The van der Waals surface area contributed by atoms with Crippen LogP contribution in [0.3, 0.4) is 0 Å². The molecular formula is C24H34N2O4. The predicted octanol–water partition coefficient (Wildman–Crippen LogP) is 2.84. The van der Waals surface area contributed by atoms with Gasteiger partial charge in [-0.15, -0.1) is 0 Å². The lowest BCUT2D eigenvalue weighted by Gasteiger charge is -2.36. The third-order valence-electron chi connectivity index (χ3n) is 5.42. The maximum Gasteiger partial charge on any atom is 0.119 e. The third-order valence-corrected chi connectivity index (χ3v) is 5.42. The minimum absolute atomic E-state index is 0.330. The minimum atomic E-state index is -0.485. The number of benzene rings is 2. The Labute approximate surface area is 180 Å². The van der Waals surface area contributed by atoms with Crippen molar-refractivity contribution >= 4 is 5.69 Å². The Morgan fingerprint density at radius 1 is 0.900 bits per heavy atom. The van der Waals surface area contributed by atoms with Crippen LogP contribution in [0.2, 0.25) is 0 Å². The second kappa shape index (κ2) is 11.8. The van der Waals surface area contributed by atoms with Crippen molar-refractivity contribution in [2.24, 2.45) is 0 Å². The monoisotopic (exact) mass is 414 g/mol. The van der Waals surface area contributed by atoms with Crippen molar-refractivity contribution in [2.45, 2.75) is 19.4 Å². The second-order valence-corrected chi connectivity index (χ2v) is 7.56. The highest BCUT2D eigenvalue weighted by Gasteiger charge is 2.19. The van der Waals surface area contributed by atoms with E-state index in [2.05, 4.69) is 41.0 Å². The Morgan fingerprint density at radius 2 is 1.57 bits per heavy atom. The fourth-order valence-electron chi connectivity index (χ4n) is 3.59. The van der Waals surface area contributed by atoms with Crippen LogP contribution in [0.25, 0.3) is 0 Å². The molecule has 1 aliphatic heterocycles. The highest BCUT2D eigenvalue weighted by atomic mass is 16.5. The van der Waals surface area contributed by atoms with Gasteiger partial charge in [-0.3, -0.25) is 4.90 Å². The summed E-state index contributed by atoms with van der Waals surface area (Å²) in [5.41, 5.74) is 2.51. The summed E-state index contributed by atoms with van der Waals surface area (Å²) >= 11 is 0. The van der Waals surface area contributed by atoms with Crippen LogP contribution in [-0.2, 0) is 11.2 Å². The smallest absolute Gasteiger partial charge is 0.119 e. The van der Waals surface area contributed by atoms with Gasteiger partial charge < -0.3 is 24.2 Å². The van der Waals surface area contributed by atoms with Gasteiger partial charge in [0.1, 0.15) is 18.1 Å². The van der Waals surface area contributed by atoms with E-state index in [9.17, 15) is 5.11 Å². The number of rotatable bonds is 11. The number of β-amino-alcohol motifs (C(OH)–C–C–N with tert-alkyl or cyclic N) is 1. The molecule has 1 N–H and O–H groups in total. The molecule has 6 heteroatoms. The molecule has 0 spiro atoms. The number of hydrogen-bond acceptors (Lipinski definition) is 6. The zero-order chi connectivity index (χ0) is 21.2. The lowest BCUT2D eigenvalue weighted by molar-refractivity contribution is 0.00718. The first-order valence-corrected chi connectivity index (χ1v) is 10.8. The van der Waals surface area contributed by atoms with Crippen LogP contribution in [-0.4, -0.2) is 75.8 Å². The molecule has 2 aromatic rings. The molecule has 1 heterocycles. The number of aliphatic hydroxyl groups excluding tert-OH is 1. The number of anilines is 1. The van der Waals surface area contributed by atoms with Crippen molar-refractivity contribution in [2.75, 3.05) is 64.6 Å². The first kappa shape index (κ1) is 22.4. The van der Waals surface area contributed by atoms with Crippen LogP contribution >= 0.6 is 0 Å². The van der Waals surface area contributed by atoms with Crippen molar-refractivity contribution in [3.8, 4) is 11.5 Å². The van der Waals surface area contributed by atoms with E-state index in [4.69, 9.17) is 14.2 Å². The highest BCUT2D eigenvalue weighted by molar-refractivity contribution is 5.49. The first-order valence-electron chi connectivity index (χ1n) is 10.8. The maximum atomic E-state index is 10.3. The zero-order valence-electron chi connectivity index (χ0n) is 18.1. The number of methoxy groups -OCH3 is 1. The summed E-state index contributed by atoms with van der Waals surface area (Å²) < 4.78 is 16.5. The van der Waals surface area contributed by atoms with Crippen LogP contribution in [0.4, 0.5) is 5.69 Å². The van der Waals surface area contributed by atoms with Gasteiger partial charge in [0.05, 0.1) is 26.4 Å². The van der Waals surface area contributed by atoms with Gasteiger partial charge in [-0.1, -0.05) is 19.1 Å². The molecular weight excluding hydrogens is 380 g/mol. The average molecular weight is 415 g/mol. The summed E-state index contributed by atoms with van der Waals surface area (Å²) in [5, 5.41) is 10.3. The molecule has 6 nitrogen and oxygen atoms in total. The molecule has 0 aliphatic carbocycles. The van der Waals surface area contributed by atoms with Gasteiger partial charge in [0.25, 0.3) is 0 Å². The second-order valence-electron chi connectivity index (χ2n) is 7.56. The van der Waals surface area contributed by atoms with Crippen LogP contribution in [0.15, 0.2) is 48.5 Å². The normalized spacial score (nSPS) is 15.8. The van der Waals surface area contributed by atoms with Gasteiger partial charge in [-0.2, -0.15) is 0 Å². The fraction of sp³-hybridized carbons (Fsp3) is 0.500. The van der Waals surface area contributed by atoms with E-state index < -0.39 is 6.10 Å². The predicted molar refractivity (Wildman–Crippen MR) is 120 cm³/mol. The topological polar surface area (TPSA) is 54.4 Å². The van der Waals surface area contributed by atoms with E-state index in [1.54, 1.807) is 7.11 Å². The van der Waals surface area contributed by atoms with Crippen LogP contribution < -0.4 is 14.4 Å². The Hall–Kier alpha value is -2.28. The van der Waals surface area contributed by atoms with Gasteiger partial charge in [0.2, 0.25) is 0 Å². The van der Waals surface area contributed by atoms with Crippen molar-refractivity contribution in [1.29, 1.82) is 0 Å². The van der Waals surface area contributed by atoms with E-state index >= 15 is 0 Å². The highest BCUT2D eigenvalue weighted by Crippen LogP contribution is 2.20. The quantitative estimate of drug-likeness (QED) is 0.571. The molecule has 1 unspecified atom stereocenters. The number of aryl methyl sites for hydroxylation is 1. The molecule has 0 saturated carbocycles. The molecule has 1 aliphatic rings. The van der Waals surface area contributed by atoms with E-state index in [-0.39, 0.29) is 0 Å². The Bertz CT molecular complexity index is 728. The van der Waals surface area contributed by atoms with Crippen molar-refractivity contribution in [3.05, 3.63) is 54.1 Å². The molecule has 1 fully saturated rings. The summed E-state index contributed by atoms with van der Waals surface area (Å²) in [5.74, 6) is 1.73. The SMILES string of the molecule is CCc1ccc(OCCOCC(O)CN2CCN(c3ccc(OC)cc3)CC2)cc1. The Morgan fingerprint density at radius 3 is 2.20 bits per heavy atom. The van der Waals surface area contributed by atoms with Gasteiger partial charge in [-0.05, 0) is 48.4 Å². The Balaban J connectivity index is 1.27. The summed E-state index contributed by atoms with van der Waals surface area (Å²) in [6.45, 7) is 7.81. The lowest BCUT2D eigenvalue weighted by Crippen LogP contribution is -2.49. The van der Waals surface area contributed by atoms with Gasteiger partial charge >= 0.3 is 0 Å². The third kappa shape index (κ3) is 6.90. The summed E-state index contributed by atoms with van der Waals surface area (Å²) in [6.07, 6.45) is 0.541. The van der Waals surface area contributed by atoms with Crippen molar-refractivity contribution in [3.63, 3.8) is 0 Å². The molecule has 0 aromatic heterocycles. The molecule has 1 atom stereocenters. The number of hydrogen-bond donors (Lipinski definition) is 1. The van der Waals surface area contributed by atoms with Crippen LogP contribution in [0.1, 0.15) is 12.5 Å². The van der Waals surface area contributed by atoms with Crippen molar-refractivity contribution in [1.82, 2.24) is 4.90 Å². The van der Waals surface area contributed by atoms with Crippen LogP contribution in [0, 0.1) is 0 Å².